The van der Waals surface area contributed by atoms with Gasteiger partial charge in [-0.1, -0.05) is 0 Å². The Bertz CT molecular complexity index is 245. The Hall–Kier alpha value is -0.610. The van der Waals surface area contributed by atoms with E-state index in [2.05, 4.69) is 10.6 Å². The molecular formula is C11H20N2O2. The Morgan fingerprint density at radius 3 is 3.07 bits per heavy atom. The Kier molecular flexibility index (Phi) is 3.26. The summed E-state index contributed by atoms with van der Waals surface area (Å²) in [7, 11) is 1.62. The molecule has 1 saturated carbocycles. The molecule has 0 bridgehead atoms. The minimum Gasteiger partial charge on any atom is -0.384 e. The maximum absolute atomic E-state index is 11.4. The van der Waals surface area contributed by atoms with Gasteiger partial charge in [0.25, 0.3) is 0 Å². The highest BCUT2D eigenvalue weighted by Crippen LogP contribution is 2.43. The molecule has 0 spiro atoms. The molecule has 1 aliphatic carbocycles. The molecule has 2 unspecified atom stereocenters. The number of rotatable bonds is 5. The normalized spacial score (nSPS) is 33.3. The minimum absolute atomic E-state index is 0.102. The third-order valence-corrected chi connectivity index (χ3v) is 3.82. The molecule has 1 amide bonds. The van der Waals surface area contributed by atoms with Gasteiger partial charge in [0, 0.05) is 25.6 Å². The van der Waals surface area contributed by atoms with E-state index in [1.54, 1.807) is 7.11 Å². The van der Waals surface area contributed by atoms with Crippen LogP contribution < -0.4 is 10.6 Å². The van der Waals surface area contributed by atoms with Crippen molar-refractivity contribution >= 4 is 5.91 Å². The Morgan fingerprint density at radius 1 is 1.60 bits per heavy atom. The quantitative estimate of drug-likeness (QED) is 0.688. The number of hydrogen-bond donors (Lipinski definition) is 2. The highest BCUT2D eigenvalue weighted by atomic mass is 16.5. The van der Waals surface area contributed by atoms with Crippen LogP contribution in [-0.4, -0.2) is 38.3 Å². The van der Waals surface area contributed by atoms with E-state index in [9.17, 15) is 4.79 Å². The number of hydrogen-bond acceptors (Lipinski definition) is 3. The van der Waals surface area contributed by atoms with Crippen LogP contribution in [0.1, 0.15) is 25.7 Å². The summed E-state index contributed by atoms with van der Waals surface area (Å²) in [6, 6.07) is 0. The van der Waals surface area contributed by atoms with Crippen LogP contribution in [0.25, 0.3) is 0 Å². The summed E-state index contributed by atoms with van der Waals surface area (Å²) in [5.41, 5.74) is 0.239. The molecule has 1 aliphatic heterocycles. The molecule has 2 fully saturated rings. The van der Waals surface area contributed by atoms with Gasteiger partial charge in [0.05, 0.1) is 6.61 Å². The van der Waals surface area contributed by atoms with Gasteiger partial charge in [0.2, 0.25) is 5.91 Å². The summed E-state index contributed by atoms with van der Waals surface area (Å²) in [6.07, 6.45) is 4.27. The van der Waals surface area contributed by atoms with Gasteiger partial charge in [-0.15, -0.1) is 0 Å². The van der Waals surface area contributed by atoms with Crippen molar-refractivity contribution in [1.29, 1.82) is 0 Å². The van der Waals surface area contributed by atoms with Crippen molar-refractivity contribution in [3.8, 4) is 0 Å². The summed E-state index contributed by atoms with van der Waals surface area (Å²) >= 11 is 0. The van der Waals surface area contributed by atoms with Gasteiger partial charge in [-0.25, -0.2) is 0 Å². The Labute approximate surface area is 90.8 Å². The summed E-state index contributed by atoms with van der Waals surface area (Å²) in [4.78, 5) is 11.4. The summed E-state index contributed by atoms with van der Waals surface area (Å²) in [5, 5.41) is 6.54. The van der Waals surface area contributed by atoms with Gasteiger partial charge >= 0.3 is 0 Å². The zero-order valence-corrected chi connectivity index (χ0v) is 9.34. The number of fused-ring (bicyclic) bond motifs is 1. The summed E-state index contributed by atoms with van der Waals surface area (Å²) in [5.74, 6) is 0.894. The average Bonchev–Trinajstić information content (AvgIpc) is 2.50. The van der Waals surface area contributed by atoms with Crippen LogP contribution >= 0.6 is 0 Å². The zero-order valence-electron chi connectivity index (χ0n) is 9.34. The third kappa shape index (κ3) is 2.16. The van der Waals surface area contributed by atoms with Crippen molar-refractivity contribution in [2.24, 2.45) is 5.92 Å². The van der Waals surface area contributed by atoms with Crippen LogP contribution in [0.3, 0.4) is 0 Å². The maximum Gasteiger partial charge on any atom is 0.222 e. The molecule has 2 atom stereocenters. The number of methoxy groups -OCH3 is 1. The van der Waals surface area contributed by atoms with Crippen molar-refractivity contribution in [2.75, 3.05) is 26.8 Å². The van der Waals surface area contributed by atoms with Crippen LogP contribution in [0.15, 0.2) is 0 Å². The number of amides is 1. The predicted octanol–water partition coefficient (Wildman–Crippen LogP) is 0.281. The molecule has 4 nitrogen and oxygen atoms in total. The van der Waals surface area contributed by atoms with E-state index in [4.69, 9.17) is 4.74 Å². The molecule has 1 saturated heterocycles. The van der Waals surface area contributed by atoms with E-state index in [0.29, 0.717) is 13.0 Å². The first-order chi connectivity index (χ1) is 7.27. The fraction of sp³-hybridized carbons (Fsp3) is 0.909. The van der Waals surface area contributed by atoms with E-state index in [1.165, 1.54) is 19.3 Å². The smallest absolute Gasteiger partial charge is 0.222 e. The van der Waals surface area contributed by atoms with Gasteiger partial charge in [-0.3, -0.25) is 4.79 Å². The van der Waals surface area contributed by atoms with Gasteiger partial charge < -0.3 is 15.4 Å². The van der Waals surface area contributed by atoms with Crippen molar-refractivity contribution in [3.63, 3.8) is 0 Å². The molecule has 2 aliphatic rings. The number of carbonyl (C=O) groups excluding carboxylic acids is 1. The second-order valence-corrected chi connectivity index (χ2v) is 4.63. The third-order valence-electron chi connectivity index (χ3n) is 3.82. The molecule has 0 aromatic rings. The summed E-state index contributed by atoms with van der Waals surface area (Å²) < 4.78 is 4.87. The van der Waals surface area contributed by atoms with Crippen LogP contribution in [0.5, 0.6) is 0 Å². The van der Waals surface area contributed by atoms with E-state index in [-0.39, 0.29) is 11.4 Å². The van der Waals surface area contributed by atoms with E-state index in [0.717, 1.165) is 19.0 Å². The monoisotopic (exact) mass is 212 g/mol. The molecule has 0 aromatic carbocycles. The van der Waals surface area contributed by atoms with Gasteiger partial charge in [-0.2, -0.15) is 0 Å². The molecule has 86 valence electrons. The fourth-order valence-corrected chi connectivity index (χ4v) is 2.68. The van der Waals surface area contributed by atoms with E-state index >= 15 is 0 Å². The van der Waals surface area contributed by atoms with Crippen LogP contribution in [0.4, 0.5) is 0 Å². The zero-order chi connectivity index (χ0) is 10.7. The average molecular weight is 212 g/mol. The standard InChI is InChI=1S/C11H20N2O2/c1-15-7-4-10(14)12-8-11-5-2-9(11)3-6-13-11/h9,13H,2-8H2,1H3,(H,12,14). The van der Waals surface area contributed by atoms with Crippen molar-refractivity contribution in [3.05, 3.63) is 0 Å². The molecule has 1 heterocycles. The van der Waals surface area contributed by atoms with Crippen molar-refractivity contribution < 1.29 is 9.53 Å². The second-order valence-electron chi connectivity index (χ2n) is 4.63. The second kappa shape index (κ2) is 4.49. The molecule has 2 rings (SSSR count). The van der Waals surface area contributed by atoms with Crippen molar-refractivity contribution in [2.45, 2.75) is 31.2 Å². The number of carbonyl (C=O) groups is 1. The first kappa shape index (κ1) is 10.9. The molecule has 0 aromatic heterocycles. The number of nitrogens with one attached hydrogen (secondary N) is 2. The van der Waals surface area contributed by atoms with Crippen LogP contribution in [0.2, 0.25) is 0 Å². The van der Waals surface area contributed by atoms with Gasteiger partial charge in [0.1, 0.15) is 0 Å². The predicted molar refractivity (Wildman–Crippen MR) is 57.6 cm³/mol. The van der Waals surface area contributed by atoms with Gasteiger partial charge in [-0.05, 0) is 31.7 Å². The lowest BCUT2D eigenvalue weighted by molar-refractivity contribution is -0.122. The van der Waals surface area contributed by atoms with Crippen molar-refractivity contribution in [1.82, 2.24) is 10.6 Å². The van der Waals surface area contributed by atoms with Crippen LogP contribution in [-0.2, 0) is 9.53 Å². The highest BCUT2D eigenvalue weighted by molar-refractivity contribution is 5.76. The fourth-order valence-electron chi connectivity index (χ4n) is 2.68. The molecular weight excluding hydrogens is 192 g/mol. The SMILES string of the molecule is COCCC(=O)NCC12CCC1CCN2. The molecule has 0 radical (unpaired) electrons. The maximum atomic E-state index is 11.4. The Balaban J connectivity index is 1.71. The molecule has 2 N–H and O–H groups in total. The lowest BCUT2D eigenvalue weighted by atomic mass is 9.68. The minimum atomic E-state index is 0.102. The van der Waals surface area contributed by atoms with E-state index in [1.807, 2.05) is 0 Å². The molecule has 15 heavy (non-hydrogen) atoms. The van der Waals surface area contributed by atoms with Crippen LogP contribution in [0, 0.1) is 5.92 Å². The first-order valence-electron chi connectivity index (χ1n) is 5.77. The highest BCUT2D eigenvalue weighted by Gasteiger charge is 2.49. The number of ether oxygens (including phenoxy) is 1. The lowest BCUT2D eigenvalue weighted by Gasteiger charge is -2.45. The molecule has 4 heteroatoms. The first-order valence-corrected chi connectivity index (χ1v) is 5.77. The van der Waals surface area contributed by atoms with Gasteiger partial charge in [0.15, 0.2) is 0 Å². The topological polar surface area (TPSA) is 50.4 Å². The lowest BCUT2D eigenvalue weighted by Crippen LogP contribution is -2.59. The van der Waals surface area contributed by atoms with E-state index < -0.39 is 0 Å². The largest absolute Gasteiger partial charge is 0.384 e. The summed E-state index contributed by atoms with van der Waals surface area (Å²) in [6.45, 7) is 2.41. The Morgan fingerprint density at radius 2 is 2.47 bits per heavy atom.